The van der Waals surface area contributed by atoms with E-state index in [1.54, 1.807) is 10.8 Å². The van der Waals surface area contributed by atoms with Crippen LogP contribution in [-0.4, -0.2) is 70.1 Å². The minimum absolute atomic E-state index is 0.252. The molecule has 7 heteroatoms. The largest absolute Gasteiger partial charge is 0.375 e. The topological polar surface area (TPSA) is 58.8 Å². The Kier molecular flexibility index (Phi) is 4.62. The first-order chi connectivity index (χ1) is 11.8. The van der Waals surface area contributed by atoms with Gasteiger partial charge in [0, 0.05) is 26.2 Å². The fourth-order valence-corrected chi connectivity index (χ4v) is 3.82. The quantitative estimate of drug-likeness (QED) is 0.850. The molecule has 2 saturated heterocycles. The number of piperidine rings is 1. The smallest absolute Gasteiger partial charge is 0.200 e. The lowest BCUT2D eigenvalue weighted by Gasteiger charge is -2.32. The summed E-state index contributed by atoms with van der Waals surface area (Å²) in [4.78, 5) is 4.96. The van der Waals surface area contributed by atoms with Gasteiger partial charge in [-0.25, -0.2) is 0 Å². The van der Waals surface area contributed by atoms with E-state index >= 15 is 0 Å². The summed E-state index contributed by atoms with van der Waals surface area (Å²) in [6.45, 7) is 8.20. The van der Waals surface area contributed by atoms with Crippen molar-refractivity contribution in [2.45, 2.75) is 38.7 Å². The predicted octanol–water partition coefficient (Wildman–Crippen LogP) is 1.51. The van der Waals surface area contributed by atoms with Crippen LogP contribution in [0.15, 0.2) is 12.4 Å². The molecule has 1 atom stereocenters. The van der Waals surface area contributed by atoms with Crippen LogP contribution in [0.2, 0.25) is 0 Å². The molecule has 0 spiro atoms. The third-order valence-corrected chi connectivity index (χ3v) is 4.97. The van der Waals surface area contributed by atoms with E-state index in [2.05, 4.69) is 31.2 Å². The van der Waals surface area contributed by atoms with Gasteiger partial charge in [0.05, 0.1) is 17.5 Å². The van der Waals surface area contributed by atoms with E-state index in [-0.39, 0.29) is 6.10 Å². The highest BCUT2D eigenvalue weighted by atomic mass is 16.5. The molecule has 0 N–H and O–H groups in total. The van der Waals surface area contributed by atoms with Crippen molar-refractivity contribution in [3.05, 3.63) is 18.1 Å². The van der Waals surface area contributed by atoms with E-state index < -0.39 is 0 Å². The Morgan fingerprint density at radius 3 is 2.92 bits per heavy atom. The molecule has 2 aliphatic rings. The average Bonchev–Trinajstić information content (AvgIpc) is 2.93. The maximum absolute atomic E-state index is 6.14. The molecule has 2 aromatic rings. The summed E-state index contributed by atoms with van der Waals surface area (Å²) in [5.41, 5.74) is 2.93. The Morgan fingerprint density at radius 1 is 1.17 bits per heavy atom. The molecule has 7 nitrogen and oxygen atoms in total. The van der Waals surface area contributed by atoms with Crippen LogP contribution in [0.3, 0.4) is 0 Å². The first-order valence-electron chi connectivity index (χ1n) is 9.06. The molecule has 4 rings (SSSR count). The van der Waals surface area contributed by atoms with Gasteiger partial charge in [0.2, 0.25) is 5.65 Å². The van der Waals surface area contributed by atoms with E-state index in [0.717, 1.165) is 49.7 Å². The number of fused-ring (bicyclic) bond motifs is 1. The van der Waals surface area contributed by atoms with Gasteiger partial charge in [-0.1, -0.05) is 6.42 Å². The number of ether oxygens (including phenoxy) is 1. The van der Waals surface area contributed by atoms with Gasteiger partial charge in [0.1, 0.15) is 6.33 Å². The number of likely N-dealkylation sites (tertiary alicyclic amines) is 1. The van der Waals surface area contributed by atoms with Crippen LogP contribution in [0, 0.1) is 6.92 Å². The Morgan fingerprint density at radius 2 is 2.04 bits per heavy atom. The lowest BCUT2D eigenvalue weighted by atomic mass is 10.1. The van der Waals surface area contributed by atoms with Crippen LogP contribution < -0.4 is 4.90 Å². The van der Waals surface area contributed by atoms with Crippen molar-refractivity contribution in [3.63, 3.8) is 0 Å². The highest BCUT2D eigenvalue weighted by molar-refractivity contribution is 5.68. The molecule has 2 fully saturated rings. The number of hydrogen-bond donors (Lipinski definition) is 0. The SMILES string of the molecule is Cc1cc(N2CCCOC(CN3CCCCC3)C2)c2nncn2n1. The van der Waals surface area contributed by atoms with Gasteiger partial charge in [-0.05, 0) is 45.3 Å². The fraction of sp³-hybridized carbons (Fsp3) is 0.706. The van der Waals surface area contributed by atoms with E-state index in [0.29, 0.717) is 0 Å². The van der Waals surface area contributed by atoms with E-state index in [1.807, 2.05) is 6.92 Å². The lowest BCUT2D eigenvalue weighted by molar-refractivity contribution is 0.0350. The van der Waals surface area contributed by atoms with E-state index in [9.17, 15) is 0 Å². The Balaban J connectivity index is 1.53. The maximum Gasteiger partial charge on any atom is 0.200 e. The third-order valence-electron chi connectivity index (χ3n) is 4.97. The summed E-state index contributed by atoms with van der Waals surface area (Å²) < 4.78 is 7.91. The molecule has 0 aliphatic carbocycles. The second-order valence-corrected chi connectivity index (χ2v) is 6.92. The maximum atomic E-state index is 6.14. The highest BCUT2D eigenvalue weighted by Crippen LogP contribution is 2.23. The number of nitrogens with zero attached hydrogens (tertiary/aromatic N) is 6. The van der Waals surface area contributed by atoms with E-state index in [1.165, 1.54) is 32.4 Å². The van der Waals surface area contributed by atoms with Gasteiger partial charge >= 0.3 is 0 Å². The van der Waals surface area contributed by atoms with Gasteiger partial charge < -0.3 is 14.5 Å². The number of hydrogen-bond acceptors (Lipinski definition) is 6. The summed E-state index contributed by atoms with van der Waals surface area (Å²) in [6, 6.07) is 2.12. The van der Waals surface area contributed by atoms with Crippen molar-refractivity contribution in [2.24, 2.45) is 0 Å². The Labute approximate surface area is 142 Å². The molecule has 2 aliphatic heterocycles. The molecule has 1 unspecified atom stereocenters. The van der Waals surface area contributed by atoms with Crippen LogP contribution in [0.4, 0.5) is 5.69 Å². The van der Waals surface area contributed by atoms with Crippen LogP contribution in [0.1, 0.15) is 31.4 Å². The minimum atomic E-state index is 0.252. The summed E-state index contributed by atoms with van der Waals surface area (Å²) >= 11 is 0. The summed E-state index contributed by atoms with van der Waals surface area (Å²) in [5, 5.41) is 12.7. The molecule has 4 heterocycles. The van der Waals surface area contributed by atoms with Gasteiger partial charge in [-0.15, -0.1) is 10.2 Å². The minimum Gasteiger partial charge on any atom is -0.375 e. The summed E-state index contributed by atoms with van der Waals surface area (Å²) in [6.07, 6.45) is 6.97. The summed E-state index contributed by atoms with van der Waals surface area (Å²) in [7, 11) is 0. The van der Waals surface area contributed by atoms with Crippen molar-refractivity contribution in [1.82, 2.24) is 24.7 Å². The highest BCUT2D eigenvalue weighted by Gasteiger charge is 2.24. The second-order valence-electron chi connectivity index (χ2n) is 6.92. The Bertz CT molecular complexity index is 681. The second kappa shape index (κ2) is 7.03. The average molecular weight is 330 g/mol. The molecule has 130 valence electrons. The van der Waals surface area contributed by atoms with Crippen LogP contribution >= 0.6 is 0 Å². The molecule has 0 saturated carbocycles. The normalized spacial score (nSPS) is 23.5. The molecular weight excluding hydrogens is 304 g/mol. The number of rotatable bonds is 3. The van der Waals surface area contributed by atoms with Crippen molar-refractivity contribution < 1.29 is 4.74 Å². The van der Waals surface area contributed by atoms with Gasteiger partial charge in [-0.2, -0.15) is 9.61 Å². The van der Waals surface area contributed by atoms with Crippen molar-refractivity contribution in [3.8, 4) is 0 Å². The number of aromatic nitrogens is 4. The van der Waals surface area contributed by atoms with Crippen molar-refractivity contribution >= 4 is 11.3 Å². The molecule has 0 bridgehead atoms. The zero-order valence-corrected chi connectivity index (χ0v) is 14.4. The zero-order chi connectivity index (χ0) is 16.4. The summed E-state index contributed by atoms with van der Waals surface area (Å²) in [5.74, 6) is 0. The number of aryl methyl sites for hydroxylation is 1. The van der Waals surface area contributed by atoms with Gasteiger partial charge in [0.25, 0.3) is 0 Å². The molecule has 0 aromatic carbocycles. The zero-order valence-electron chi connectivity index (χ0n) is 14.4. The first kappa shape index (κ1) is 15.8. The molecule has 2 aromatic heterocycles. The Hall–Kier alpha value is -1.73. The standard InChI is InChI=1S/C17H26N6O/c1-14-10-16(17-19-18-13-23(17)20-14)22-8-5-9-24-15(12-22)11-21-6-3-2-4-7-21/h10,13,15H,2-9,11-12H2,1H3. The predicted molar refractivity (Wildman–Crippen MR) is 92.4 cm³/mol. The molecule has 0 amide bonds. The fourth-order valence-electron chi connectivity index (χ4n) is 3.82. The van der Waals surface area contributed by atoms with E-state index in [4.69, 9.17) is 4.74 Å². The lowest BCUT2D eigenvalue weighted by Crippen LogP contribution is -2.42. The van der Waals surface area contributed by atoms with Crippen molar-refractivity contribution in [1.29, 1.82) is 0 Å². The molecular formula is C17H26N6O. The first-order valence-corrected chi connectivity index (χ1v) is 9.06. The van der Waals surface area contributed by atoms with Crippen LogP contribution in [0.5, 0.6) is 0 Å². The number of anilines is 1. The van der Waals surface area contributed by atoms with Crippen LogP contribution in [0.25, 0.3) is 5.65 Å². The van der Waals surface area contributed by atoms with Crippen molar-refractivity contribution in [2.75, 3.05) is 44.2 Å². The van der Waals surface area contributed by atoms with Gasteiger partial charge in [-0.3, -0.25) is 0 Å². The molecule has 0 radical (unpaired) electrons. The molecule has 24 heavy (non-hydrogen) atoms. The van der Waals surface area contributed by atoms with Crippen LogP contribution in [-0.2, 0) is 4.74 Å². The monoisotopic (exact) mass is 330 g/mol. The van der Waals surface area contributed by atoms with Gasteiger partial charge in [0.15, 0.2) is 0 Å². The third kappa shape index (κ3) is 3.37.